The third-order valence-corrected chi connectivity index (χ3v) is 3.91. The second-order valence-corrected chi connectivity index (χ2v) is 5.65. The number of nitro groups is 1. The molecule has 0 aliphatic heterocycles. The van der Waals surface area contributed by atoms with E-state index in [1.54, 1.807) is 31.2 Å². The number of nitro benzene ring substituents is 1. The van der Waals surface area contributed by atoms with Gasteiger partial charge in [0.1, 0.15) is 5.02 Å². The van der Waals surface area contributed by atoms with Crippen LogP contribution in [-0.2, 0) is 0 Å². The number of aromatic nitrogens is 1. The van der Waals surface area contributed by atoms with Crippen molar-refractivity contribution in [1.82, 2.24) is 4.98 Å². The Morgan fingerprint density at radius 1 is 1.33 bits per heavy atom. The molecule has 0 radical (unpaired) electrons. The van der Waals surface area contributed by atoms with Gasteiger partial charge in [-0.05, 0) is 37.3 Å². The summed E-state index contributed by atoms with van der Waals surface area (Å²) in [6.07, 6.45) is 0. The van der Waals surface area contributed by atoms with E-state index in [1.807, 2.05) is 0 Å². The number of rotatable bonds is 3. The topological polar surface area (TPSA) is 118 Å². The molecule has 0 amide bonds. The zero-order chi connectivity index (χ0) is 17.4. The molecule has 0 aliphatic carbocycles. The van der Waals surface area contributed by atoms with E-state index in [1.165, 1.54) is 12.1 Å². The van der Waals surface area contributed by atoms with Crippen molar-refractivity contribution < 1.29 is 10.0 Å². The van der Waals surface area contributed by atoms with Crippen LogP contribution in [0.15, 0.2) is 41.4 Å². The molecule has 4 N–H and O–H groups in total. The summed E-state index contributed by atoms with van der Waals surface area (Å²) in [5, 5.41) is 21.9. The van der Waals surface area contributed by atoms with Gasteiger partial charge in [-0.25, -0.2) is 0 Å². The van der Waals surface area contributed by atoms with E-state index in [2.05, 4.69) is 9.98 Å². The van der Waals surface area contributed by atoms with Crippen LogP contribution in [0.2, 0.25) is 5.02 Å². The maximum absolute atomic E-state index is 11.0. The highest BCUT2D eigenvalue weighted by Gasteiger charge is 2.16. The maximum Gasteiger partial charge on any atom is 0.290 e. The molecular formula is C16H13ClN4O3. The van der Waals surface area contributed by atoms with Crippen molar-refractivity contribution in [2.24, 2.45) is 4.99 Å². The molecule has 0 spiro atoms. The number of anilines is 1. The van der Waals surface area contributed by atoms with Crippen molar-refractivity contribution >= 4 is 45.3 Å². The summed E-state index contributed by atoms with van der Waals surface area (Å²) >= 11 is 5.80. The second-order valence-electron chi connectivity index (χ2n) is 5.24. The lowest BCUT2D eigenvalue weighted by molar-refractivity contribution is -0.384. The number of nitrogens with zero attached hydrogens (tertiary/aromatic N) is 2. The first-order valence-corrected chi connectivity index (χ1v) is 7.34. The fourth-order valence-electron chi connectivity index (χ4n) is 2.52. The van der Waals surface area contributed by atoms with Gasteiger partial charge in [0.15, 0.2) is 5.88 Å². The van der Waals surface area contributed by atoms with Crippen LogP contribution in [0.5, 0.6) is 5.88 Å². The van der Waals surface area contributed by atoms with Crippen molar-refractivity contribution in [3.8, 4) is 5.88 Å². The summed E-state index contributed by atoms with van der Waals surface area (Å²) in [4.78, 5) is 17.6. The predicted octanol–water partition coefficient (Wildman–Crippen LogP) is 4.16. The number of aliphatic imine (C=N–C) groups is 1. The molecule has 0 fully saturated rings. The highest BCUT2D eigenvalue weighted by atomic mass is 35.5. The first-order valence-electron chi connectivity index (χ1n) is 6.96. The summed E-state index contributed by atoms with van der Waals surface area (Å²) in [6, 6.07) is 9.47. The maximum atomic E-state index is 11.0. The SMILES string of the molecule is CC(=Nc1ccc(Cl)c([N+](=O)[O-])c1)c1c(O)[nH]c2ccc(N)cc12. The Morgan fingerprint density at radius 2 is 2.08 bits per heavy atom. The molecule has 8 heteroatoms. The molecule has 1 heterocycles. The molecule has 7 nitrogen and oxygen atoms in total. The standard InChI is InChI=1S/C16H13ClN4O3/c1-8(19-10-3-4-12(17)14(7-10)21(23)24)15-11-6-9(18)2-5-13(11)20-16(15)22/h2-7,20,22H,18H2,1H3. The van der Waals surface area contributed by atoms with Gasteiger partial charge < -0.3 is 15.8 Å². The fraction of sp³-hybridized carbons (Fsp3) is 0.0625. The van der Waals surface area contributed by atoms with E-state index in [0.717, 1.165) is 5.39 Å². The Balaban J connectivity index is 2.12. The molecule has 0 bridgehead atoms. The van der Waals surface area contributed by atoms with Gasteiger partial charge in [0.25, 0.3) is 5.69 Å². The van der Waals surface area contributed by atoms with Crippen LogP contribution in [0.4, 0.5) is 17.1 Å². The average Bonchev–Trinajstić information content (AvgIpc) is 2.84. The van der Waals surface area contributed by atoms with E-state index >= 15 is 0 Å². The van der Waals surface area contributed by atoms with Gasteiger partial charge in [0.05, 0.1) is 21.9 Å². The van der Waals surface area contributed by atoms with E-state index < -0.39 is 4.92 Å². The molecule has 0 unspecified atom stereocenters. The lowest BCUT2D eigenvalue weighted by Gasteiger charge is -2.02. The van der Waals surface area contributed by atoms with Crippen molar-refractivity contribution in [2.75, 3.05) is 5.73 Å². The van der Waals surface area contributed by atoms with Gasteiger partial charge in [-0.2, -0.15) is 0 Å². The van der Waals surface area contributed by atoms with Crippen molar-refractivity contribution in [1.29, 1.82) is 0 Å². The van der Waals surface area contributed by atoms with Crippen molar-refractivity contribution in [3.05, 3.63) is 57.1 Å². The lowest BCUT2D eigenvalue weighted by Crippen LogP contribution is -1.94. The molecular weight excluding hydrogens is 332 g/mol. The number of benzene rings is 2. The van der Waals surface area contributed by atoms with Crippen LogP contribution in [0.3, 0.4) is 0 Å². The third kappa shape index (κ3) is 2.77. The van der Waals surface area contributed by atoms with Crippen molar-refractivity contribution in [2.45, 2.75) is 6.92 Å². The van der Waals surface area contributed by atoms with Crippen LogP contribution >= 0.6 is 11.6 Å². The number of hydrogen-bond acceptors (Lipinski definition) is 5. The molecule has 0 saturated heterocycles. The Morgan fingerprint density at radius 3 is 2.79 bits per heavy atom. The lowest BCUT2D eigenvalue weighted by atomic mass is 10.1. The van der Waals surface area contributed by atoms with Crippen LogP contribution in [0, 0.1) is 10.1 Å². The van der Waals surface area contributed by atoms with Crippen LogP contribution in [0.25, 0.3) is 10.9 Å². The van der Waals surface area contributed by atoms with Crippen molar-refractivity contribution in [3.63, 3.8) is 0 Å². The second kappa shape index (κ2) is 5.86. The minimum Gasteiger partial charge on any atom is -0.494 e. The van der Waals surface area contributed by atoms with Gasteiger partial charge in [-0.3, -0.25) is 15.1 Å². The predicted molar refractivity (Wildman–Crippen MR) is 94.4 cm³/mol. The number of aromatic amines is 1. The number of H-pyrrole nitrogens is 1. The zero-order valence-electron chi connectivity index (χ0n) is 12.6. The zero-order valence-corrected chi connectivity index (χ0v) is 13.3. The first kappa shape index (κ1) is 15.8. The number of nitrogens with two attached hydrogens (primary N) is 1. The number of fused-ring (bicyclic) bond motifs is 1. The van der Waals surface area contributed by atoms with Crippen LogP contribution in [-0.4, -0.2) is 20.7 Å². The fourth-order valence-corrected chi connectivity index (χ4v) is 2.71. The smallest absolute Gasteiger partial charge is 0.290 e. The molecule has 1 aromatic heterocycles. The average molecular weight is 345 g/mol. The molecule has 24 heavy (non-hydrogen) atoms. The molecule has 122 valence electrons. The van der Waals surface area contributed by atoms with Gasteiger partial charge in [0, 0.05) is 22.7 Å². The summed E-state index contributed by atoms with van der Waals surface area (Å²) < 4.78 is 0. The third-order valence-electron chi connectivity index (χ3n) is 3.59. The Hall–Kier alpha value is -3.06. The Labute approximate surface area is 141 Å². The highest BCUT2D eigenvalue weighted by Crippen LogP contribution is 2.32. The van der Waals surface area contributed by atoms with Crippen LogP contribution < -0.4 is 5.73 Å². The summed E-state index contributed by atoms with van der Waals surface area (Å²) in [5.41, 5.74) is 8.19. The van der Waals surface area contributed by atoms with E-state index in [0.29, 0.717) is 28.2 Å². The minimum absolute atomic E-state index is 0.0410. The first-order chi connectivity index (χ1) is 11.4. The minimum atomic E-state index is -0.569. The van der Waals surface area contributed by atoms with Crippen LogP contribution in [0.1, 0.15) is 12.5 Å². The number of nitrogen functional groups attached to an aromatic ring is 1. The normalized spacial score (nSPS) is 11.8. The summed E-state index contributed by atoms with van der Waals surface area (Å²) in [7, 11) is 0. The van der Waals surface area contributed by atoms with Gasteiger partial charge in [-0.15, -0.1) is 0 Å². The highest BCUT2D eigenvalue weighted by molar-refractivity contribution is 6.32. The van der Waals surface area contributed by atoms with Gasteiger partial charge in [0.2, 0.25) is 0 Å². The number of nitrogens with one attached hydrogen (secondary N) is 1. The Bertz CT molecular complexity index is 994. The molecule has 0 saturated carbocycles. The quantitative estimate of drug-likeness (QED) is 0.286. The van der Waals surface area contributed by atoms with E-state index in [4.69, 9.17) is 17.3 Å². The molecule has 3 rings (SSSR count). The monoisotopic (exact) mass is 344 g/mol. The number of aromatic hydroxyl groups is 1. The van der Waals surface area contributed by atoms with E-state index in [-0.39, 0.29) is 16.6 Å². The summed E-state index contributed by atoms with van der Waals surface area (Å²) in [5.74, 6) is -0.0414. The molecule has 3 aromatic rings. The molecule has 0 aliphatic rings. The largest absolute Gasteiger partial charge is 0.494 e. The number of halogens is 1. The van der Waals surface area contributed by atoms with E-state index in [9.17, 15) is 15.2 Å². The summed E-state index contributed by atoms with van der Waals surface area (Å²) in [6.45, 7) is 1.70. The molecule has 0 atom stereocenters. The van der Waals surface area contributed by atoms with Gasteiger partial charge >= 0.3 is 0 Å². The van der Waals surface area contributed by atoms with Gasteiger partial charge in [-0.1, -0.05) is 11.6 Å². The molecule has 2 aromatic carbocycles. The Kier molecular flexibility index (Phi) is 3.86. The number of hydrogen-bond donors (Lipinski definition) is 3.